The zero-order valence-electron chi connectivity index (χ0n) is 10.3. The summed E-state index contributed by atoms with van der Waals surface area (Å²) in [6, 6.07) is 0. The highest BCUT2D eigenvalue weighted by Crippen LogP contribution is 2.19. The van der Waals surface area contributed by atoms with Gasteiger partial charge in [-0.05, 0) is 7.05 Å². The number of nitrogen functional groups attached to an aromatic ring is 1. The standard InChI is InChI=1S/C9H15F3N6O/c1-17(3-2-9(10,11)12)4-5-18-6-7(15-16-18)8(19)14-13/h6H,2-5,13H2,1H3,(H,14,19). The molecule has 19 heavy (non-hydrogen) atoms. The first kappa shape index (κ1) is 15.4. The Morgan fingerprint density at radius 3 is 2.79 bits per heavy atom. The summed E-state index contributed by atoms with van der Waals surface area (Å²) in [6.45, 7) is 0.608. The number of carbonyl (C=O) groups is 1. The van der Waals surface area contributed by atoms with E-state index in [0.717, 1.165) is 0 Å². The molecule has 1 amide bonds. The minimum atomic E-state index is -4.16. The lowest BCUT2D eigenvalue weighted by Crippen LogP contribution is -2.30. The second-order valence-electron chi connectivity index (χ2n) is 4.01. The summed E-state index contributed by atoms with van der Waals surface area (Å²) in [5.74, 6) is 4.35. The maximum atomic E-state index is 12.0. The lowest BCUT2D eigenvalue weighted by molar-refractivity contribution is -0.137. The molecule has 1 aromatic rings. The quantitative estimate of drug-likeness (QED) is 0.427. The van der Waals surface area contributed by atoms with Crippen molar-refractivity contribution in [3.63, 3.8) is 0 Å². The Labute approximate surface area is 107 Å². The molecule has 0 spiro atoms. The van der Waals surface area contributed by atoms with Gasteiger partial charge in [-0.1, -0.05) is 5.21 Å². The molecule has 0 bridgehead atoms. The Balaban J connectivity index is 2.36. The monoisotopic (exact) mass is 280 g/mol. The van der Waals surface area contributed by atoms with Crippen LogP contribution in [0.3, 0.4) is 0 Å². The molecule has 1 rings (SSSR count). The van der Waals surface area contributed by atoms with E-state index in [2.05, 4.69) is 10.3 Å². The van der Waals surface area contributed by atoms with E-state index >= 15 is 0 Å². The molecule has 0 saturated heterocycles. The van der Waals surface area contributed by atoms with Crippen LogP contribution < -0.4 is 11.3 Å². The molecule has 0 aliphatic carbocycles. The number of amides is 1. The molecule has 3 N–H and O–H groups in total. The summed E-state index contributed by atoms with van der Waals surface area (Å²) in [6.07, 6.45) is -3.64. The highest BCUT2D eigenvalue weighted by Gasteiger charge is 2.26. The van der Waals surface area contributed by atoms with Crippen molar-refractivity contribution in [2.45, 2.75) is 19.1 Å². The van der Waals surface area contributed by atoms with Crippen molar-refractivity contribution in [1.29, 1.82) is 0 Å². The number of hydrogen-bond acceptors (Lipinski definition) is 5. The largest absolute Gasteiger partial charge is 0.390 e. The molecule has 108 valence electrons. The lowest BCUT2D eigenvalue weighted by atomic mass is 10.4. The first-order valence-electron chi connectivity index (χ1n) is 5.48. The molecular weight excluding hydrogens is 265 g/mol. The zero-order chi connectivity index (χ0) is 14.5. The van der Waals surface area contributed by atoms with E-state index in [-0.39, 0.29) is 12.2 Å². The van der Waals surface area contributed by atoms with Crippen molar-refractivity contribution >= 4 is 5.91 Å². The second kappa shape index (κ2) is 6.48. The summed E-state index contributed by atoms with van der Waals surface area (Å²) < 4.78 is 37.4. The molecule has 7 nitrogen and oxygen atoms in total. The van der Waals surface area contributed by atoms with Gasteiger partial charge in [0.1, 0.15) is 0 Å². The van der Waals surface area contributed by atoms with Crippen molar-refractivity contribution in [1.82, 2.24) is 25.3 Å². The summed E-state index contributed by atoms with van der Waals surface area (Å²) in [7, 11) is 1.58. The zero-order valence-corrected chi connectivity index (χ0v) is 10.3. The van der Waals surface area contributed by atoms with Gasteiger partial charge in [0.15, 0.2) is 5.69 Å². The number of hydrazine groups is 1. The summed E-state index contributed by atoms with van der Waals surface area (Å²) in [5.41, 5.74) is 1.96. The SMILES string of the molecule is CN(CCn1cc(C(=O)NN)nn1)CCC(F)(F)F. The average Bonchev–Trinajstić information content (AvgIpc) is 2.80. The molecule has 1 heterocycles. The van der Waals surface area contributed by atoms with E-state index in [1.165, 1.54) is 15.8 Å². The number of hydrogen-bond donors (Lipinski definition) is 2. The van der Waals surface area contributed by atoms with Gasteiger partial charge in [-0.3, -0.25) is 14.9 Å². The molecule has 0 aliphatic rings. The van der Waals surface area contributed by atoms with Crippen LogP contribution in [0.15, 0.2) is 6.20 Å². The van der Waals surface area contributed by atoms with E-state index in [4.69, 9.17) is 5.84 Å². The Morgan fingerprint density at radius 2 is 2.21 bits per heavy atom. The minimum absolute atomic E-state index is 0.0560. The highest BCUT2D eigenvalue weighted by molar-refractivity contribution is 5.91. The first-order chi connectivity index (χ1) is 8.81. The Hall–Kier alpha value is -1.68. The molecule has 0 fully saturated rings. The third-order valence-electron chi connectivity index (χ3n) is 2.39. The molecule has 0 atom stereocenters. The number of halogens is 3. The first-order valence-corrected chi connectivity index (χ1v) is 5.48. The van der Waals surface area contributed by atoms with E-state index in [9.17, 15) is 18.0 Å². The highest BCUT2D eigenvalue weighted by atomic mass is 19.4. The van der Waals surface area contributed by atoms with Crippen molar-refractivity contribution < 1.29 is 18.0 Å². The lowest BCUT2D eigenvalue weighted by Gasteiger charge is -2.17. The molecule has 10 heteroatoms. The summed E-state index contributed by atoms with van der Waals surface area (Å²) >= 11 is 0. The molecule has 0 unspecified atom stereocenters. The number of likely N-dealkylation sites (N-methyl/N-ethyl adjacent to an activating group) is 1. The molecule has 0 aliphatic heterocycles. The van der Waals surface area contributed by atoms with Gasteiger partial charge in [0.2, 0.25) is 0 Å². The maximum absolute atomic E-state index is 12.0. The average molecular weight is 280 g/mol. The second-order valence-corrected chi connectivity index (χ2v) is 4.01. The van der Waals surface area contributed by atoms with Crippen LogP contribution in [-0.4, -0.2) is 52.1 Å². The fourth-order valence-corrected chi connectivity index (χ4v) is 1.29. The number of nitrogens with one attached hydrogen (secondary N) is 1. The fourth-order valence-electron chi connectivity index (χ4n) is 1.29. The third kappa shape index (κ3) is 5.66. The predicted molar refractivity (Wildman–Crippen MR) is 59.8 cm³/mol. The number of rotatable bonds is 6. The minimum Gasteiger partial charge on any atom is -0.304 e. The smallest absolute Gasteiger partial charge is 0.304 e. The van der Waals surface area contributed by atoms with Crippen molar-refractivity contribution in [2.24, 2.45) is 5.84 Å². The Bertz CT molecular complexity index is 418. The predicted octanol–water partition coefficient (Wildman–Crippen LogP) is -0.234. The number of aromatic nitrogens is 3. The van der Waals surface area contributed by atoms with Crippen LogP contribution in [-0.2, 0) is 6.54 Å². The molecular formula is C9H15F3N6O. The Kier molecular flexibility index (Phi) is 5.24. The van der Waals surface area contributed by atoms with Crippen LogP contribution in [0.4, 0.5) is 13.2 Å². The molecule has 0 radical (unpaired) electrons. The van der Waals surface area contributed by atoms with Gasteiger partial charge in [-0.15, -0.1) is 5.10 Å². The summed E-state index contributed by atoms with van der Waals surface area (Å²) in [5, 5.41) is 7.24. The van der Waals surface area contributed by atoms with E-state index < -0.39 is 18.5 Å². The van der Waals surface area contributed by atoms with Crippen molar-refractivity contribution in [2.75, 3.05) is 20.1 Å². The van der Waals surface area contributed by atoms with Gasteiger partial charge < -0.3 is 4.90 Å². The number of alkyl halides is 3. The van der Waals surface area contributed by atoms with Crippen LogP contribution in [0.1, 0.15) is 16.9 Å². The van der Waals surface area contributed by atoms with Crippen LogP contribution in [0.25, 0.3) is 0 Å². The number of nitrogens with two attached hydrogens (primary N) is 1. The summed E-state index contributed by atoms with van der Waals surface area (Å²) in [4.78, 5) is 12.6. The Morgan fingerprint density at radius 1 is 1.53 bits per heavy atom. The third-order valence-corrected chi connectivity index (χ3v) is 2.39. The van der Waals surface area contributed by atoms with Gasteiger partial charge in [0.05, 0.1) is 19.2 Å². The number of carbonyl (C=O) groups excluding carboxylic acids is 1. The van der Waals surface area contributed by atoms with Gasteiger partial charge in [0, 0.05) is 13.1 Å². The van der Waals surface area contributed by atoms with Gasteiger partial charge in [-0.2, -0.15) is 13.2 Å². The molecule has 0 aromatic carbocycles. The van der Waals surface area contributed by atoms with Crippen LogP contribution in [0, 0.1) is 0 Å². The maximum Gasteiger partial charge on any atom is 0.390 e. The topological polar surface area (TPSA) is 89.1 Å². The van der Waals surface area contributed by atoms with E-state index in [1.54, 1.807) is 7.05 Å². The number of nitrogens with zero attached hydrogens (tertiary/aromatic N) is 4. The van der Waals surface area contributed by atoms with Gasteiger partial charge in [-0.25, -0.2) is 5.84 Å². The van der Waals surface area contributed by atoms with Gasteiger partial charge >= 0.3 is 6.18 Å². The molecule has 1 aromatic heterocycles. The normalized spacial score (nSPS) is 11.9. The van der Waals surface area contributed by atoms with Crippen LogP contribution >= 0.6 is 0 Å². The van der Waals surface area contributed by atoms with Crippen molar-refractivity contribution in [3.05, 3.63) is 11.9 Å². The van der Waals surface area contributed by atoms with Crippen LogP contribution in [0.2, 0.25) is 0 Å². The fraction of sp³-hybridized carbons (Fsp3) is 0.667. The van der Waals surface area contributed by atoms with Crippen molar-refractivity contribution in [3.8, 4) is 0 Å². The van der Waals surface area contributed by atoms with Gasteiger partial charge in [0.25, 0.3) is 5.91 Å². The molecule has 0 saturated carbocycles. The van der Waals surface area contributed by atoms with Crippen LogP contribution in [0.5, 0.6) is 0 Å². The van der Waals surface area contributed by atoms with E-state index in [0.29, 0.717) is 13.1 Å². The van der Waals surface area contributed by atoms with E-state index in [1.807, 2.05) is 5.43 Å².